The largest absolute Gasteiger partial charge is 0.383 e. The number of carbonyl (C=O) groups excluding carboxylic acids is 1. The quantitative estimate of drug-likeness (QED) is 0.778. The average Bonchev–Trinajstić information content (AvgIpc) is 3.01. The molecule has 0 fully saturated rings. The Kier molecular flexibility index (Phi) is 3.83. The van der Waals surface area contributed by atoms with Gasteiger partial charge >= 0.3 is 0 Å². The van der Waals surface area contributed by atoms with Crippen LogP contribution in [0, 0.1) is 0 Å². The normalized spacial score (nSPS) is 10.7. The van der Waals surface area contributed by atoms with E-state index in [2.05, 4.69) is 21.7 Å². The van der Waals surface area contributed by atoms with Gasteiger partial charge in [-0.3, -0.25) is 4.79 Å². The Morgan fingerprint density at radius 2 is 2.05 bits per heavy atom. The standard InChI is InChI=1S/C16H15N3OS/c17-15-13-4-2-1-3-12(13)14(9-19-15)16(20)18-7-5-11-6-8-21-10-11/h1-4,6,8-10H,5,7H2,(H2,17,19)(H,18,20). The van der Waals surface area contributed by atoms with Crippen molar-refractivity contribution in [2.24, 2.45) is 0 Å². The van der Waals surface area contributed by atoms with Gasteiger partial charge in [-0.2, -0.15) is 11.3 Å². The van der Waals surface area contributed by atoms with Gasteiger partial charge in [0.2, 0.25) is 0 Å². The van der Waals surface area contributed by atoms with Gasteiger partial charge in [0.15, 0.2) is 0 Å². The number of hydrogen-bond donors (Lipinski definition) is 2. The Morgan fingerprint density at radius 3 is 2.81 bits per heavy atom. The Morgan fingerprint density at radius 1 is 1.24 bits per heavy atom. The minimum absolute atomic E-state index is 0.117. The summed E-state index contributed by atoms with van der Waals surface area (Å²) in [6, 6.07) is 9.61. The number of anilines is 1. The molecule has 5 heteroatoms. The highest BCUT2D eigenvalue weighted by Gasteiger charge is 2.11. The lowest BCUT2D eigenvalue weighted by atomic mass is 10.1. The molecular weight excluding hydrogens is 282 g/mol. The molecule has 3 N–H and O–H groups in total. The van der Waals surface area contributed by atoms with Crippen LogP contribution in [0.25, 0.3) is 10.8 Å². The smallest absolute Gasteiger partial charge is 0.253 e. The maximum absolute atomic E-state index is 12.3. The molecule has 0 atom stereocenters. The SMILES string of the molecule is Nc1ncc(C(=O)NCCc2ccsc2)c2ccccc12. The topological polar surface area (TPSA) is 68.0 Å². The van der Waals surface area contributed by atoms with Crippen molar-refractivity contribution in [3.05, 3.63) is 58.4 Å². The molecule has 0 spiro atoms. The zero-order valence-electron chi connectivity index (χ0n) is 11.4. The minimum Gasteiger partial charge on any atom is -0.383 e. The van der Waals surface area contributed by atoms with Crippen molar-refractivity contribution in [3.8, 4) is 0 Å². The Balaban J connectivity index is 1.77. The molecule has 3 aromatic rings. The Bertz CT molecular complexity index is 768. The van der Waals surface area contributed by atoms with Gasteiger partial charge in [0, 0.05) is 18.1 Å². The predicted octanol–water partition coefficient (Wildman–Crippen LogP) is 2.85. The lowest BCUT2D eigenvalue weighted by Gasteiger charge is -2.08. The minimum atomic E-state index is -0.117. The number of nitrogens with one attached hydrogen (secondary N) is 1. The van der Waals surface area contributed by atoms with E-state index in [0.29, 0.717) is 17.9 Å². The fourth-order valence-electron chi connectivity index (χ4n) is 2.25. The maximum atomic E-state index is 12.3. The van der Waals surface area contributed by atoms with Crippen LogP contribution in [-0.2, 0) is 6.42 Å². The van der Waals surface area contributed by atoms with Crippen molar-refractivity contribution in [2.45, 2.75) is 6.42 Å². The zero-order valence-corrected chi connectivity index (χ0v) is 12.2. The predicted molar refractivity (Wildman–Crippen MR) is 86.5 cm³/mol. The third kappa shape index (κ3) is 2.87. The van der Waals surface area contributed by atoms with Crippen LogP contribution in [0.3, 0.4) is 0 Å². The van der Waals surface area contributed by atoms with Crippen molar-refractivity contribution in [1.82, 2.24) is 10.3 Å². The average molecular weight is 297 g/mol. The summed E-state index contributed by atoms with van der Waals surface area (Å²) in [5.74, 6) is 0.328. The van der Waals surface area contributed by atoms with Crippen molar-refractivity contribution in [1.29, 1.82) is 0 Å². The summed E-state index contributed by atoms with van der Waals surface area (Å²) in [5, 5.41) is 8.70. The number of carbonyl (C=O) groups is 1. The van der Waals surface area contributed by atoms with E-state index >= 15 is 0 Å². The lowest BCUT2D eigenvalue weighted by molar-refractivity contribution is 0.0955. The van der Waals surface area contributed by atoms with E-state index in [1.807, 2.05) is 29.6 Å². The summed E-state index contributed by atoms with van der Waals surface area (Å²) >= 11 is 1.66. The van der Waals surface area contributed by atoms with E-state index in [9.17, 15) is 4.79 Å². The maximum Gasteiger partial charge on any atom is 0.253 e. The molecule has 106 valence electrons. The highest BCUT2D eigenvalue weighted by Crippen LogP contribution is 2.22. The van der Waals surface area contributed by atoms with Gasteiger partial charge in [0.25, 0.3) is 5.91 Å². The summed E-state index contributed by atoms with van der Waals surface area (Å²) in [6.45, 7) is 0.605. The van der Waals surface area contributed by atoms with E-state index in [-0.39, 0.29) is 5.91 Å². The molecule has 0 saturated heterocycles. The molecular formula is C16H15N3OS. The van der Waals surface area contributed by atoms with Gasteiger partial charge in [-0.25, -0.2) is 4.98 Å². The number of aromatic nitrogens is 1. The van der Waals surface area contributed by atoms with Crippen LogP contribution >= 0.6 is 11.3 Å². The fourth-order valence-corrected chi connectivity index (χ4v) is 2.95. The van der Waals surface area contributed by atoms with Gasteiger partial charge in [0.1, 0.15) is 5.82 Å². The second-order valence-electron chi connectivity index (χ2n) is 4.74. The van der Waals surface area contributed by atoms with Gasteiger partial charge < -0.3 is 11.1 Å². The summed E-state index contributed by atoms with van der Waals surface area (Å²) in [4.78, 5) is 16.4. The monoisotopic (exact) mass is 297 g/mol. The number of rotatable bonds is 4. The fraction of sp³-hybridized carbons (Fsp3) is 0.125. The van der Waals surface area contributed by atoms with Crippen molar-refractivity contribution in [3.63, 3.8) is 0 Å². The molecule has 0 bridgehead atoms. The van der Waals surface area contributed by atoms with E-state index in [0.717, 1.165) is 17.2 Å². The van der Waals surface area contributed by atoms with E-state index in [4.69, 9.17) is 5.73 Å². The second kappa shape index (κ2) is 5.93. The first-order chi connectivity index (χ1) is 10.3. The lowest BCUT2D eigenvalue weighted by Crippen LogP contribution is -2.26. The first-order valence-electron chi connectivity index (χ1n) is 6.68. The first kappa shape index (κ1) is 13.6. The highest BCUT2D eigenvalue weighted by atomic mass is 32.1. The number of hydrogen-bond acceptors (Lipinski definition) is 4. The highest BCUT2D eigenvalue weighted by molar-refractivity contribution is 7.07. The Labute approximate surface area is 126 Å². The van der Waals surface area contributed by atoms with Gasteiger partial charge in [-0.05, 0) is 34.2 Å². The van der Waals surface area contributed by atoms with Gasteiger partial charge in [-0.15, -0.1) is 0 Å². The number of benzene rings is 1. The number of pyridine rings is 1. The third-order valence-electron chi connectivity index (χ3n) is 3.35. The van der Waals surface area contributed by atoms with Crippen molar-refractivity contribution in [2.75, 3.05) is 12.3 Å². The molecule has 0 aliphatic carbocycles. The number of thiophene rings is 1. The number of nitrogen functional groups attached to an aromatic ring is 1. The van der Waals surface area contributed by atoms with Crippen molar-refractivity contribution >= 4 is 33.8 Å². The third-order valence-corrected chi connectivity index (χ3v) is 4.08. The molecule has 2 aromatic heterocycles. The van der Waals surface area contributed by atoms with E-state index in [1.165, 1.54) is 11.8 Å². The Hall–Kier alpha value is -2.40. The number of amides is 1. The number of fused-ring (bicyclic) bond motifs is 1. The van der Waals surface area contributed by atoms with Crippen LogP contribution < -0.4 is 11.1 Å². The molecule has 2 heterocycles. The molecule has 1 amide bonds. The van der Waals surface area contributed by atoms with Crippen LogP contribution in [0.5, 0.6) is 0 Å². The number of nitrogens with zero attached hydrogens (tertiary/aromatic N) is 1. The van der Waals surface area contributed by atoms with Crippen LogP contribution in [0.15, 0.2) is 47.3 Å². The summed E-state index contributed by atoms with van der Waals surface area (Å²) in [7, 11) is 0. The zero-order chi connectivity index (χ0) is 14.7. The molecule has 3 rings (SSSR count). The summed E-state index contributed by atoms with van der Waals surface area (Å²) < 4.78 is 0. The van der Waals surface area contributed by atoms with E-state index < -0.39 is 0 Å². The molecule has 0 saturated carbocycles. The van der Waals surface area contributed by atoms with Crippen LogP contribution in [0.1, 0.15) is 15.9 Å². The first-order valence-corrected chi connectivity index (χ1v) is 7.62. The molecule has 1 aromatic carbocycles. The molecule has 0 radical (unpaired) electrons. The molecule has 4 nitrogen and oxygen atoms in total. The van der Waals surface area contributed by atoms with Crippen LogP contribution in [0.2, 0.25) is 0 Å². The summed E-state index contributed by atoms with van der Waals surface area (Å²) in [5.41, 5.74) is 7.64. The van der Waals surface area contributed by atoms with Gasteiger partial charge in [-0.1, -0.05) is 24.3 Å². The molecule has 0 aliphatic heterocycles. The molecule has 0 unspecified atom stereocenters. The van der Waals surface area contributed by atoms with Crippen LogP contribution in [-0.4, -0.2) is 17.4 Å². The van der Waals surface area contributed by atoms with Crippen molar-refractivity contribution < 1.29 is 4.79 Å². The summed E-state index contributed by atoms with van der Waals surface area (Å²) in [6.07, 6.45) is 2.37. The second-order valence-corrected chi connectivity index (χ2v) is 5.52. The van der Waals surface area contributed by atoms with E-state index in [1.54, 1.807) is 11.3 Å². The molecule has 21 heavy (non-hydrogen) atoms. The van der Waals surface area contributed by atoms with Gasteiger partial charge in [0.05, 0.1) is 5.56 Å². The van der Waals surface area contributed by atoms with Crippen LogP contribution in [0.4, 0.5) is 5.82 Å². The number of nitrogens with two attached hydrogens (primary N) is 1. The molecule has 0 aliphatic rings.